The highest BCUT2D eigenvalue weighted by Crippen LogP contribution is 2.19. The van der Waals surface area contributed by atoms with Crippen molar-refractivity contribution in [3.05, 3.63) is 29.8 Å². The zero-order chi connectivity index (χ0) is 13.8. The molecule has 1 aliphatic rings. The first-order valence-corrected chi connectivity index (χ1v) is 6.44. The Kier molecular flexibility index (Phi) is 4.04. The number of amides is 1. The summed E-state index contributed by atoms with van der Waals surface area (Å²) in [7, 11) is 0. The van der Waals surface area contributed by atoms with Gasteiger partial charge in [-0.3, -0.25) is 4.79 Å². The smallest absolute Gasteiger partial charge is 0.326 e. The van der Waals surface area contributed by atoms with Crippen LogP contribution in [0.2, 0.25) is 0 Å². The number of hydrogen-bond acceptors (Lipinski definition) is 3. The fourth-order valence-corrected chi connectivity index (χ4v) is 2.40. The van der Waals surface area contributed by atoms with Crippen molar-refractivity contribution >= 4 is 17.6 Å². The fourth-order valence-electron chi connectivity index (χ4n) is 2.40. The molecular weight excluding hydrogens is 244 g/mol. The van der Waals surface area contributed by atoms with E-state index < -0.39 is 12.0 Å². The first-order chi connectivity index (χ1) is 9.08. The minimum Gasteiger partial charge on any atom is -0.480 e. The first kappa shape index (κ1) is 13.4. The fraction of sp³-hybridized carbons (Fsp3) is 0.429. The van der Waals surface area contributed by atoms with Crippen LogP contribution in [-0.4, -0.2) is 34.5 Å². The molecule has 2 rings (SSSR count). The molecule has 0 bridgehead atoms. The van der Waals surface area contributed by atoms with Crippen LogP contribution in [0.1, 0.15) is 24.8 Å². The van der Waals surface area contributed by atoms with Gasteiger partial charge in [0.15, 0.2) is 0 Å². The summed E-state index contributed by atoms with van der Waals surface area (Å²) >= 11 is 0. The van der Waals surface area contributed by atoms with E-state index in [-0.39, 0.29) is 12.3 Å². The van der Waals surface area contributed by atoms with E-state index in [2.05, 4.69) is 0 Å². The Bertz CT molecular complexity index is 470. The van der Waals surface area contributed by atoms with E-state index in [0.29, 0.717) is 18.7 Å². The zero-order valence-electron chi connectivity index (χ0n) is 10.7. The first-order valence-electron chi connectivity index (χ1n) is 6.44. The predicted molar refractivity (Wildman–Crippen MR) is 71.5 cm³/mol. The molecule has 1 saturated heterocycles. The van der Waals surface area contributed by atoms with Crippen LogP contribution in [0.4, 0.5) is 5.69 Å². The molecule has 3 N–H and O–H groups in total. The van der Waals surface area contributed by atoms with E-state index in [4.69, 9.17) is 10.8 Å². The maximum atomic E-state index is 12.2. The summed E-state index contributed by atoms with van der Waals surface area (Å²) in [5, 5.41) is 9.15. The number of benzene rings is 1. The Balaban J connectivity index is 2.05. The molecule has 5 nitrogen and oxygen atoms in total. The minimum absolute atomic E-state index is 0.128. The number of carbonyl (C=O) groups excluding carboxylic acids is 1. The molecule has 102 valence electrons. The van der Waals surface area contributed by atoms with Gasteiger partial charge < -0.3 is 15.7 Å². The molecule has 0 spiro atoms. The number of nitrogens with two attached hydrogens (primary N) is 1. The van der Waals surface area contributed by atoms with Gasteiger partial charge in [0, 0.05) is 12.2 Å². The van der Waals surface area contributed by atoms with Gasteiger partial charge in [0.1, 0.15) is 6.04 Å². The van der Waals surface area contributed by atoms with Gasteiger partial charge in [0.2, 0.25) is 5.91 Å². The summed E-state index contributed by atoms with van der Waals surface area (Å²) in [5.41, 5.74) is 7.10. The molecule has 0 aromatic heterocycles. The number of nitrogen functional groups attached to an aromatic ring is 1. The lowest BCUT2D eigenvalue weighted by Crippen LogP contribution is -2.48. The normalized spacial score (nSPS) is 19.2. The second kappa shape index (κ2) is 5.73. The maximum absolute atomic E-state index is 12.2. The highest BCUT2D eigenvalue weighted by atomic mass is 16.4. The molecular formula is C14H18N2O3. The van der Waals surface area contributed by atoms with Crippen molar-refractivity contribution in [2.75, 3.05) is 12.3 Å². The average molecular weight is 262 g/mol. The lowest BCUT2D eigenvalue weighted by atomic mass is 10.0. The molecule has 1 amide bonds. The molecule has 1 aromatic carbocycles. The van der Waals surface area contributed by atoms with Crippen LogP contribution >= 0.6 is 0 Å². The van der Waals surface area contributed by atoms with Crippen molar-refractivity contribution in [2.45, 2.75) is 31.7 Å². The zero-order valence-corrected chi connectivity index (χ0v) is 10.7. The Hall–Kier alpha value is -2.04. The van der Waals surface area contributed by atoms with Crippen molar-refractivity contribution < 1.29 is 14.7 Å². The molecule has 19 heavy (non-hydrogen) atoms. The van der Waals surface area contributed by atoms with Gasteiger partial charge in [-0.1, -0.05) is 12.1 Å². The van der Waals surface area contributed by atoms with E-state index in [0.717, 1.165) is 18.4 Å². The Morgan fingerprint density at radius 2 is 1.95 bits per heavy atom. The standard InChI is InChI=1S/C14H18N2O3/c15-11-6-4-10(5-7-11)9-13(17)16-8-2-1-3-12(16)14(18)19/h4-7,12H,1-3,8-9,15H2,(H,18,19)/t12-/m0/s1. The molecule has 1 aliphatic heterocycles. The lowest BCUT2D eigenvalue weighted by molar-refractivity contribution is -0.151. The Labute approximate surface area is 112 Å². The van der Waals surface area contributed by atoms with Crippen LogP contribution in [0.15, 0.2) is 24.3 Å². The molecule has 1 aromatic rings. The SMILES string of the molecule is Nc1ccc(CC(=O)N2CCCC[C@H]2C(=O)O)cc1. The number of piperidine rings is 1. The molecule has 0 unspecified atom stereocenters. The van der Waals surface area contributed by atoms with Gasteiger partial charge in [-0.15, -0.1) is 0 Å². The highest BCUT2D eigenvalue weighted by molar-refractivity contribution is 5.85. The molecule has 0 saturated carbocycles. The molecule has 1 atom stereocenters. The van der Waals surface area contributed by atoms with Gasteiger partial charge in [-0.25, -0.2) is 4.79 Å². The molecule has 5 heteroatoms. The number of aliphatic carboxylic acids is 1. The Morgan fingerprint density at radius 3 is 2.58 bits per heavy atom. The van der Waals surface area contributed by atoms with Gasteiger partial charge in [0.25, 0.3) is 0 Å². The topological polar surface area (TPSA) is 83.6 Å². The van der Waals surface area contributed by atoms with Gasteiger partial charge in [-0.05, 0) is 37.0 Å². The van der Waals surface area contributed by atoms with E-state index in [9.17, 15) is 9.59 Å². The molecule has 0 aliphatic carbocycles. The average Bonchev–Trinajstić information content (AvgIpc) is 2.41. The summed E-state index contributed by atoms with van der Waals surface area (Å²) in [6, 6.07) is 6.41. The lowest BCUT2D eigenvalue weighted by Gasteiger charge is -2.33. The summed E-state index contributed by atoms with van der Waals surface area (Å²) in [6.07, 6.45) is 2.51. The van der Waals surface area contributed by atoms with Crippen LogP contribution in [0.3, 0.4) is 0 Å². The van der Waals surface area contributed by atoms with Crippen molar-refractivity contribution in [1.82, 2.24) is 4.90 Å². The summed E-state index contributed by atoms with van der Waals surface area (Å²) in [6.45, 7) is 0.533. The maximum Gasteiger partial charge on any atom is 0.326 e. The monoisotopic (exact) mass is 262 g/mol. The van der Waals surface area contributed by atoms with Crippen LogP contribution in [0.25, 0.3) is 0 Å². The van der Waals surface area contributed by atoms with Crippen molar-refractivity contribution in [3.8, 4) is 0 Å². The highest BCUT2D eigenvalue weighted by Gasteiger charge is 2.31. The number of nitrogens with zero attached hydrogens (tertiary/aromatic N) is 1. The van der Waals surface area contributed by atoms with Crippen molar-refractivity contribution in [1.29, 1.82) is 0 Å². The Morgan fingerprint density at radius 1 is 1.26 bits per heavy atom. The minimum atomic E-state index is -0.912. The van der Waals surface area contributed by atoms with E-state index in [1.165, 1.54) is 4.90 Å². The van der Waals surface area contributed by atoms with E-state index in [1.54, 1.807) is 24.3 Å². The molecule has 1 heterocycles. The third kappa shape index (κ3) is 3.24. The molecule has 1 fully saturated rings. The van der Waals surface area contributed by atoms with Gasteiger partial charge in [-0.2, -0.15) is 0 Å². The summed E-state index contributed by atoms with van der Waals surface area (Å²) in [4.78, 5) is 24.8. The number of carboxylic acid groups (broad SMARTS) is 1. The van der Waals surface area contributed by atoms with Crippen LogP contribution in [0.5, 0.6) is 0 Å². The number of anilines is 1. The van der Waals surface area contributed by atoms with Crippen molar-refractivity contribution in [3.63, 3.8) is 0 Å². The summed E-state index contributed by atoms with van der Waals surface area (Å²) in [5.74, 6) is -1.04. The van der Waals surface area contributed by atoms with E-state index >= 15 is 0 Å². The number of likely N-dealkylation sites (tertiary alicyclic amines) is 1. The van der Waals surface area contributed by atoms with Crippen molar-refractivity contribution in [2.24, 2.45) is 0 Å². The van der Waals surface area contributed by atoms with E-state index in [1.807, 2.05) is 0 Å². The van der Waals surface area contributed by atoms with Crippen LogP contribution in [-0.2, 0) is 16.0 Å². The number of carboxylic acids is 1. The largest absolute Gasteiger partial charge is 0.480 e. The number of rotatable bonds is 3. The van der Waals surface area contributed by atoms with Crippen LogP contribution < -0.4 is 5.73 Å². The predicted octanol–water partition coefficient (Wildman–Crippen LogP) is 1.28. The number of hydrogen-bond donors (Lipinski definition) is 2. The second-order valence-corrected chi connectivity index (χ2v) is 4.86. The van der Waals surface area contributed by atoms with Gasteiger partial charge in [0.05, 0.1) is 6.42 Å². The third-order valence-corrected chi connectivity index (χ3v) is 3.44. The third-order valence-electron chi connectivity index (χ3n) is 3.44. The van der Waals surface area contributed by atoms with Gasteiger partial charge >= 0.3 is 5.97 Å². The molecule has 0 radical (unpaired) electrons. The summed E-state index contributed by atoms with van der Waals surface area (Å²) < 4.78 is 0. The number of carbonyl (C=O) groups is 2. The second-order valence-electron chi connectivity index (χ2n) is 4.86. The quantitative estimate of drug-likeness (QED) is 0.804. The van der Waals surface area contributed by atoms with Crippen LogP contribution in [0, 0.1) is 0 Å².